The van der Waals surface area contributed by atoms with E-state index >= 15 is 0 Å². The molecule has 3 nitrogen and oxygen atoms in total. The predicted molar refractivity (Wildman–Crippen MR) is 102 cm³/mol. The molecule has 0 atom stereocenters. The second-order valence-electron chi connectivity index (χ2n) is 7.81. The standard InChI is InChI=1S/C21H35NO2/c1-7-20(3,4)17-11-12-18(21(5,6)8-2)19(15-17)24-14-10-9-13-22-16-23/h11-12,15-16H,7-10,13-14H2,1-6H3,(H,22,23). The van der Waals surface area contributed by atoms with Gasteiger partial charge in [-0.1, -0.05) is 53.7 Å². The fourth-order valence-corrected chi connectivity index (χ4v) is 2.59. The lowest BCUT2D eigenvalue weighted by atomic mass is 9.77. The van der Waals surface area contributed by atoms with Gasteiger partial charge in [0, 0.05) is 6.54 Å². The third-order valence-electron chi connectivity index (χ3n) is 5.32. The molecule has 0 aromatic heterocycles. The lowest BCUT2D eigenvalue weighted by Gasteiger charge is -2.29. The molecule has 1 N–H and O–H groups in total. The van der Waals surface area contributed by atoms with E-state index in [1.165, 1.54) is 11.1 Å². The molecule has 3 heteroatoms. The molecule has 1 rings (SSSR count). The van der Waals surface area contributed by atoms with E-state index < -0.39 is 0 Å². The van der Waals surface area contributed by atoms with Gasteiger partial charge in [-0.05, 0) is 53.7 Å². The summed E-state index contributed by atoms with van der Waals surface area (Å²) in [6.07, 6.45) is 4.79. The number of carbonyl (C=O) groups is 1. The molecule has 0 saturated carbocycles. The van der Waals surface area contributed by atoms with E-state index in [0.717, 1.165) is 37.8 Å². The van der Waals surface area contributed by atoms with Gasteiger partial charge in [-0.15, -0.1) is 0 Å². The van der Waals surface area contributed by atoms with Crippen LogP contribution in [0.5, 0.6) is 5.75 Å². The Kier molecular flexibility index (Phi) is 7.78. The molecule has 1 aromatic carbocycles. The quantitative estimate of drug-likeness (QED) is 0.459. The molecule has 0 unspecified atom stereocenters. The van der Waals surface area contributed by atoms with E-state index in [-0.39, 0.29) is 10.8 Å². The molecule has 0 saturated heterocycles. The van der Waals surface area contributed by atoms with E-state index in [1.54, 1.807) is 0 Å². The van der Waals surface area contributed by atoms with Crippen LogP contribution < -0.4 is 10.1 Å². The first-order chi connectivity index (χ1) is 11.3. The normalized spacial score (nSPS) is 12.1. The van der Waals surface area contributed by atoms with Crippen LogP contribution in [0.2, 0.25) is 0 Å². The molecule has 136 valence electrons. The van der Waals surface area contributed by atoms with Gasteiger partial charge < -0.3 is 10.1 Å². The monoisotopic (exact) mass is 333 g/mol. The first kappa shape index (κ1) is 20.5. The molecule has 0 bridgehead atoms. The van der Waals surface area contributed by atoms with Crippen molar-refractivity contribution in [2.24, 2.45) is 0 Å². The zero-order valence-electron chi connectivity index (χ0n) is 16.4. The zero-order valence-corrected chi connectivity index (χ0v) is 16.4. The summed E-state index contributed by atoms with van der Waals surface area (Å²) < 4.78 is 6.17. The van der Waals surface area contributed by atoms with Crippen molar-refractivity contribution in [1.82, 2.24) is 5.32 Å². The van der Waals surface area contributed by atoms with E-state index in [2.05, 4.69) is 65.1 Å². The van der Waals surface area contributed by atoms with Gasteiger partial charge in [0.2, 0.25) is 6.41 Å². The average molecular weight is 334 g/mol. The molecule has 0 heterocycles. The van der Waals surface area contributed by atoms with Gasteiger partial charge >= 0.3 is 0 Å². The average Bonchev–Trinajstić information content (AvgIpc) is 2.57. The van der Waals surface area contributed by atoms with Gasteiger partial charge in [0.25, 0.3) is 0 Å². The number of amides is 1. The highest BCUT2D eigenvalue weighted by Gasteiger charge is 2.25. The summed E-state index contributed by atoms with van der Waals surface area (Å²) in [5, 5.41) is 2.69. The van der Waals surface area contributed by atoms with Crippen molar-refractivity contribution in [3.05, 3.63) is 29.3 Å². The number of ether oxygens (including phenoxy) is 1. The van der Waals surface area contributed by atoms with Crippen molar-refractivity contribution in [1.29, 1.82) is 0 Å². The lowest BCUT2D eigenvalue weighted by Crippen LogP contribution is -2.20. The maximum atomic E-state index is 10.3. The van der Waals surface area contributed by atoms with Crippen LogP contribution in [-0.4, -0.2) is 19.6 Å². The molecular formula is C21H35NO2. The second-order valence-corrected chi connectivity index (χ2v) is 7.81. The van der Waals surface area contributed by atoms with Crippen molar-refractivity contribution in [3.63, 3.8) is 0 Å². The Labute approximate surface area is 148 Å². The second kappa shape index (κ2) is 9.10. The topological polar surface area (TPSA) is 38.3 Å². The van der Waals surface area contributed by atoms with Crippen molar-refractivity contribution in [3.8, 4) is 5.75 Å². The van der Waals surface area contributed by atoms with Crippen LogP contribution >= 0.6 is 0 Å². The van der Waals surface area contributed by atoms with Crippen molar-refractivity contribution < 1.29 is 9.53 Å². The summed E-state index contributed by atoms with van der Waals surface area (Å²) in [5.41, 5.74) is 2.87. The van der Waals surface area contributed by atoms with E-state index in [1.807, 2.05) is 0 Å². The summed E-state index contributed by atoms with van der Waals surface area (Å²) in [5.74, 6) is 1.02. The minimum absolute atomic E-state index is 0.100. The van der Waals surface area contributed by atoms with Gasteiger partial charge in [-0.2, -0.15) is 0 Å². The van der Waals surface area contributed by atoms with E-state index in [9.17, 15) is 4.79 Å². The maximum absolute atomic E-state index is 10.3. The minimum Gasteiger partial charge on any atom is -0.493 e. The number of hydrogen-bond donors (Lipinski definition) is 1. The Hall–Kier alpha value is -1.51. The summed E-state index contributed by atoms with van der Waals surface area (Å²) in [6, 6.07) is 6.75. The van der Waals surface area contributed by atoms with Crippen LogP contribution in [0.15, 0.2) is 18.2 Å². The molecule has 1 aromatic rings. The number of nitrogens with one attached hydrogen (secondary N) is 1. The van der Waals surface area contributed by atoms with Crippen LogP contribution in [0, 0.1) is 0 Å². The molecule has 1 amide bonds. The highest BCUT2D eigenvalue weighted by atomic mass is 16.5. The molecular weight excluding hydrogens is 298 g/mol. The molecule has 0 radical (unpaired) electrons. The van der Waals surface area contributed by atoms with E-state index in [0.29, 0.717) is 13.2 Å². The third kappa shape index (κ3) is 5.54. The van der Waals surface area contributed by atoms with Gasteiger partial charge in [0.1, 0.15) is 5.75 Å². The van der Waals surface area contributed by atoms with Crippen LogP contribution in [0.4, 0.5) is 0 Å². The van der Waals surface area contributed by atoms with Crippen molar-refractivity contribution in [2.45, 2.75) is 78.1 Å². The number of carbonyl (C=O) groups excluding carboxylic acids is 1. The van der Waals surface area contributed by atoms with Gasteiger partial charge in [0.05, 0.1) is 6.61 Å². The summed E-state index contributed by atoms with van der Waals surface area (Å²) in [7, 11) is 0. The maximum Gasteiger partial charge on any atom is 0.207 e. The molecule has 0 aliphatic heterocycles. The Balaban J connectivity index is 2.94. The van der Waals surface area contributed by atoms with Crippen molar-refractivity contribution >= 4 is 6.41 Å². The summed E-state index contributed by atoms with van der Waals surface area (Å²) in [4.78, 5) is 10.3. The fourth-order valence-electron chi connectivity index (χ4n) is 2.59. The fraction of sp³-hybridized carbons (Fsp3) is 0.667. The summed E-state index contributed by atoms with van der Waals surface area (Å²) >= 11 is 0. The molecule has 0 aliphatic carbocycles. The highest BCUT2D eigenvalue weighted by Crippen LogP contribution is 2.38. The van der Waals surface area contributed by atoms with Crippen LogP contribution in [-0.2, 0) is 15.6 Å². The SMILES string of the molecule is CCC(C)(C)c1ccc(C(C)(C)CC)c(OCCCCNC=O)c1. The Morgan fingerprint density at radius 3 is 2.29 bits per heavy atom. The minimum atomic E-state index is 0.100. The van der Waals surface area contributed by atoms with Crippen LogP contribution in [0.3, 0.4) is 0 Å². The first-order valence-corrected chi connectivity index (χ1v) is 9.23. The Bertz CT molecular complexity index is 521. The first-order valence-electron chi connectivity index (χ1n) is 9.23. The van der Waals surface area contributed by atoms with Crippen molar-refractivity contribution in [2.75, 3.05) is 13.2 Å². The number of rotatable bonds is 11. The predicted octanol–water partition coefficient (Wildman–Crippen LogP) is 4.97. The van der Waals surface area contributed by atoms with Crippen LogP contribution in [0.25, 0.3) is 0 Å². The zero-order chi connectivity index (χ0) is 18.2. The van der Waals surface area contributed by atoms with Crippen LogP contribution in [0.1, 0.15) is 78.4 Å². The molecule has 0 spiro atoms. The molecule has 0 aliphatic rings. The lowest BCUT2D eigenvalue weighted by molar-refractivity contribution is -0.109. The number of unbranched alkanes of at least 4 members (excludes halogenated alkanes) is 1. The molecule has 24 heavy (non-hydrogen) atoms. The Morgan fingerprint density at radius 1 is 1.04 bits per heavy atom. The van der Waals surface area contributed by atoms with Gasteiger partial charge in [-0.3, -0.25) is 4.79 Å². The molecule has 0 fully saturated rings. The Morgan fingerprint density at radius 2 is 1.71 bits per heavy atom. The smallest absolute Gasteiger partial charge is 0.207 e. The van der Waals surface area contributed by atoms with Gasteiger partial charge in [0.15, 0.2) is 0 Å². The van der Waals surface area contributed by atoms with E-state index in [4.69, 9.17) is 4.74 Å². The third-order valence-corrected chi connectivity index (χ3v) is 5.32. The summed E-state index contributed by atoms with van der Waals surface area (Å²) in [6.45, 7) is 14.9. The number of benzene rings is 1. The largest absolute Gasteiger partial charge is 0.493 e. The highest BCUT2D eigenvalue weighted by molar-refractivity contribution is 5.45. The number of hydrogen-bond acceptors (Lipinski definition) is 2. The van der Waals surface area contributed by atoms with Gasteiger partial charge in [-0.25, -0.2) is 0 Å².